The Hall–Kier alpha value is -2.43. The molecule has 3 aromatic rings. The number of imidazole rings is 1. The molecule has 0 saturated heterocycles. The third kappa shape index (κ3) is 1.83. The number of hydrogen-bond donors (Lipinski definition) is 1. The van der Waals surface area contributed by atoms with E-state index in [1.54, 1.807) is 10.6 Å². The zero-order valence-electron chi connectivity index (χ0n) is 10.7. The summed E-state index contributed by atoms with van der Waals surface area (Å²) >= 11 is 0. The number of fused-ring (bicyclic) bond motifs is 1. The lowest BCUT2D eigenvalue weighted by molar-refractivity contribution is 0.626. The summed E-state index contributed by atoms with van der Waals surface area (Å²) in [5, 5.41) is 0. The Morgan fingerprint density at radius 1 is 1.11 bits per heavy atom. The van der Waals surface area contributed by atoms with Crippen molar-refractivity contribution in [3.63, 3.8) is 0 Å². The van der Waals surface area contributed by atoms with Gasteiger partial charge in [-0.3, -0.25) is 4.57 Å². The molecule has 2 N–H and O–H groups in total. The number of nitrogens with two attached hydrogens (primary N) is 1. The van der Waals surface area contributed by atoms with Crippen LogP contribution in [0.3, 0.4) is 0 Å². The summed E-state index contributed by atoms with van der Waals surface area (Å²) in [6.45, 7) is 3.74. The molecule has 3 rings (SSSR count). The number of halogens is 1. The van der Waals surface area contributed by atoms with Crippen molar-refractivity contribution < 1.29 is 4.39 Å². The van der Waals surface area contributed by atoms with E-state index in [4.69, 9.17) is 5.73 Å². The van der Waals surface area contributed by atoms with Gasteiger partial charge in [0.2, 0.25) is 5.95 Å². The predicted octanol–water partition coefficient (Wildman–Crippen LogP) is 2.76. The Labute approximate surface area is 109 Å². The fourth-order valence-electron chi connectivity index (χ4n) is 2.18. The molecule has 0 radical (unpaired) electrons. The second-order valence-corrected chi connectivity index (χ2v) is 4.53. The summed E-state index contributed by atoms with van der Waals surface area (Å²) in [7, 11) is 0. The summed E-state index contributed by atoms with van der Waals surface area (Å²) in [5.41, 5.74) is 9.84. The third-order valence-corrected chi connectivity index (χ3v) is 3.07. The number of hydrogen-bond acceptors (Lipinski definition) is 3. The van der Waals surface area contributed by atoms with E-state index in [0.29, 0.717) is 11.6 Å². The van der Waals surface area contributed by atoms with Gasteiger partial charge in [0.05, 0.1) is 5.69 Å². The molecule has 4 nitrogen and oxygen atoms in total. The maximum atomic E-state index is 13.2. The highest BCUT2D eigenvalue weighted by Gasteiger charge is 2.13. The van der Waals surface area contributed by atoms with Crippen molar-refractivity contribution in [1.29, 1.82) is 0 Å². The third-order valence-electron chi connectivity index (χ3n) is 3.07. The second-order valence-electron chi connectivity index (χ2n) is 4.53. The van der Waals surface area contributed by atoms with Crippen molar-refractivity contribution in [3.05, 3.63) is 47.4 Å². The van der Waals surface area contributed by atoms with Gasteiger partial charge in [0.15, 0.2) is 5.65 Å². The molecule has 2 heterocycles. The molecule has 1 aromatic carbocycles. The van der Waals surface area contributed by atoms with E-state index in [9.17, 15) is 4.39 Å². The van der Waals surface area contributed by atoms with Gasteiger partial charge >= 0.3 is 0 Å². The minimum Gasteiger partial charge on any atom is -0.369 e. The number of pyridine rings is 1. The van der Waals surface area contributed by atoms with Crippen LogP contribution in [0.5, 0.6) is 0 Å². The highest BCUT2D eigenvalue weighted by atomic mass is 19.1. The van der Waals surface area contributed by atoms with Crippen molar-refractivity contribution in [2.75, 3.05) is 5.73 Å². The summed E-state index contributed by atoms with van der Waals surface area (Å²) < 4.78 is 14.9. The van der Waals surface area contributed by atoms with Crippen molar-refractivity contribution in [2.45, 2.75) is 13.8 Å². The topological polar surface area (TPSA) is 56.7 Å². The van der Waals surface area contributed by atoms with Gasteiger partial charge in [0, 0.05) is 5.69 Å². The predicted molar refractivity (Wildman–Crippen MR) is 72.7 cm³/mol. The number of aryl methyl sites for hydroxylation is 2. The van der Waals surface area contributed by atoms with E-state index in [1.165, 1.54) is 12.1 Å². The van der Waals surface area contributed by atoms with E-state index in [2.05, 4.69) is 9.97 Å². The number of nitrogens with zero attached hydrogens (tertiary/aromatic N) is 3. The van der Waals surface area contributed by atoms with Gasteiger partial charge in [-0.1, -0.05) is 0 Å². The van der Waals surface area contributed by atoms with Gasteiger partial charge < -0.3 is 5.73 Å². The van der Waals surface area contributed by atoms with Crippen LogP contribution in [-0.4, -0.2) is 14.5 Å². The van der Waals surface area contributed by atoms with Gasteiger partial charge in [-0.25, -0.2) is 14.4 Å². The molecule has 0 bridgehead atoms. The lowest BCUT2D eigenvalue weighted by Gasteiger charge is -2.09. The van der Waals surface area contributed by atoms with Crippen molar-refractivity contribution in [2.24, 2.45) is 0 Å². The van der Waals surface area contributed by atoms with Crippen LogP contribution in [0.15, 0.2) is 30.3 Å². The lowest BCUT2D eigenvalue weighted by Crippen LogP contribution is -2.03. The average Bonchev–Trinajstić information content (AvgIpc) is 2.65. The molecule has 96 valence electrons. The molecule has 0 aliphatic heterocycles. The van der Waals surface area contributed by atoms with Crippen molar-refractivity contribution in [3.8, 4) is 5.69 Å². The molecule has 0 atom stereocenters. The molecule has 0 aliphatic carbocycles. The molecule has 0 saturated carbocycles. The smallest absolute Gasteiger partial charge is 0.207 e. The minimum absolute atomic E-state index is 0.270. The summed E-state index contributed by atoms with van der Waals surface area (Å²) in [6.07, 6.45) is 0. The normalized spacial score (nSPS) is 11.1. The van der Waals surface area contributed by atoms with Gasteiger partial charge in [-0.05, 0) is 49.7 Å². The Morgan fingerprint density at radius 3 is 2.63 bits per heavy atom. The Balaban J connectivity index is 2.35. The molecular weight excluding hydrogens is 243 g/mol. The van der Waals surface area contributed by atoms with Crippen LogP contribution < -0.4 is 5.73 Å². The first kappa shape index (κ1) is 11.6. The molecule has 0 unspecified atom stereocenters. The molecule has 0 aliphatic rings. The van der Waals surface area contributed by atoms with Gasteiger partial charge in [-0.2, -0.15) is 0 Å². The first-order chi connectivity index (χ1) is 9.06. The monoisotopic (exact) mass is 256 g/mol. The Morgan fingerprint density at radius 2 is 1.89 bits per heavy atom. The number of anilines is 1. The zero-order chi connectivity index (χ0) is 13.6. The maximum absolute atomic E-state index is 13.2. The molecule has 0 fully saturated rings. The highest BCUT2D eigenvalue weighted by Crippen LogP contribution is 2.24. The molecule has 5 heteroatoms. The number of benzene rings is 1. The zero-order valence-corrected chi connectivity index (χ0v) is 10.7. The first-order valence-corrected chi connectivity index (χ1v) is 5.94. The van der Waals surface area contributed by atoms with Crippen LogP contribution in [0.1, 0.15) is 11.3 Å². The van der Waals surface area contributed by atoms with Crippen molar-refractivity contribution in [1.82, 2.24) is 14.5 Å². The Bertz CT molecular complexity index is 776. The van der Waals surface area contributed by atoms with E-state index >= 15 is 0 Å². The number of aromatic nitrogens is 3. The van der Waals surface area contributed by atoms with Crippen LogP contribution in [0.2, 0.25) is 0 Å². The number of nitrogen functional groups attached to an aromatic ring is 1. The highest BCUT2D eigenvalue weighted by molar-refractivity contribution is 5.77. The molecule has 2 aromatic heterocycles. The maximum Gasteiger partial charge on any atom is 0.207 e. The number of rotatable bonds is 1. The Kier molecular flexibility index (Phi) is 2.48. The van der Waals surface area contributed by atoms with Crippen LogP contribution in [-0.2, 0) is 0 Å². The van der Waals surface area contributed by atoms with Gasteiger partial charge in [-0.15, -0.1) is 0 Å². The van der Waals surface area contributed by atoms with E-state index in [0.717, 1.165) is 22.5 Å². The summed E-state index contributed by atoms with van der Waals surface area (Å²) in [5.74, 6) is 0.0798. The van der Waals surface area contributed by atoms with Gasteiger partial charge in [0.1, 0.15) is 11.3 Å². The van der Waals surface area contributed by atoms with E-state index < -0.39 is 0 Å². The van der Waals surface area contributed by atoms with E-state index in [-0.39, 0.29) is 5.82 Å². The van der Waals surface area contributed by atoms with Crippen LogP contribution in [0.25, 0.3) is 16.9 Å². The van der Waals surface area contributed by atoms with Crippen LogP contribution in [0.4, 0.5) is 10.3 Å². The second kappa shape index (κ2) is 4.05. The van der Waals surface area contributed by atoms with E-state index in [1.807, 2.05) is 26.0 Å². The fourth-order valence-corrected chi connectivity index (χ4v) is 2.18. The minimum atomic E-state index is -0.270. The summed E-state index contributed by atoms with van der Waals surface area (Å²) in [6, 6.07) is 8.33. The molecule has 0 amide bonds. The first-order valence-electron chi connectivity index (χ1n) is 5.94. The van der Waals surface area contributed by atoms with Crippen molar-refractivity contribution >= 4 is 17.1 Å². The van der Waals surface area contributed by atoms with Gasteiger partial charge in [0.25, 0.3) is 0 Å². The quantitative estimate of drug-likeness (QED) is 0.728. The molecule has 19 heavy (non-hydrogen) atoms. The van der Waals surface area contributed by atoms with Crippen LogP contribution in [0, 0.1) is 19.7 Å². The average molecular weight is 256 g/mol. The molecular formula is C14H13FN4. The summed E-state index contributed by atoms with van der Waals surface area (Å²) in [4.78, 5) is 8.74. The standard InChI is InChI=1S/C14H13FN4/c1-8-7-10(15)4-6-12(8)19-13-11(18-14(19)16)5-3-9(2)17-13/h3-7H,1-2H3,(H2,16,18). The fraction of sp³-hybridized carbons (Fsp3) is 0.143. The van der Waals surface area contributed by atoms with Crippen LogP contribution >= 0.6 is 0 Å². The lowest BCUT2D eigenvalue weighted by atomic mass is 10.2. The SMILES string of the molecule is Cc1ccc2nc(N)n(-c3ccc(F)cc3C)c2n1. The molecule has 0 spiro atoms. The largest absolute Gasteiger partial charge is 0.369 e.